The van der Waals surface area contributed by atoms with Gasteiger partial charge in [-0.25, -0.2) is 4.68 Å². The number of nitrogens with zero attached hydrogens (tertiary/aromatic N) is 2. The van der Waals surface area contributed by atoms with Gasteiger partial charge in [-0.2, -0.15) is 5.10 Å². The van der Waals surface area contributed by atoms with Crippen molar-refractivity contribution in [2.45, 2.75) is 25.8 Å². The first kappa shape index (κ1) is 15.7. The monoisotopic (exact) mass is 335 g/mol. The lowest BCUT2D eigenvalue weighted by Crippen LogP contribution is -2.23. The first-order valence-electron chi connectivity index (χ1n) is 8.66. The third-order valence-corrected chi connectivity index (χ3v) is 4.72. The highest BCUT2D eigenvalue weighted by atomic mass is 16.5. The highest BCUT2D eigenvalue weighted by Gasteiger charge is 2.30. The number of carbonyl (C=O) groups excluding carboxylic acids is 1. The molecule has 5 nitrogen and oxygen atoms in total. The molecule has 1 aliphatic rings. The number of fused-ring (bicyclic) bond motifs is 1. The van der Waals surface area contributed by atoms with Crippen molar-refractivity contribution in [1.82, 2.24) is 9.78 Å². The number of rotatable bonds is 6. The molecule has 1 atom stereocenters. The second kappa shape index (κ2) is 6.59. The maximum absolute atomic E-state index is 12.2. The Morgan fingerprint density at radius 2 is 2.04 bits per heavy atom. The largest absolute Gasteiger partial charge is 0.484 e. The van der Waals surface area contributed by atoms with Crippen molar-refractivity contribution in [3.8, 4) is 5.75 Å². The van der Waals surface area contributed by atoms with E-state index in [1.54, 1.807) is 6.20 Å². The molecule has 5 heteroatoms. The molecule has 3 aromatic rings. The van der Waals surface area contributed by atoms with Crippen LogP contribution in [0.15, 0.2) is 54.7 Å². The summed E-state index contributed by atoms with van der Waals surface area (Å²) in [7, 11) is 0. The number of nitrogens with one attached hydrogen (secondary N) is 1. The Morgan fingerprint density at radius 1 is 1.24 bits per heavy atom. The normalized spacial score (nSPS) is 15.1. The van der Waals surface area contributed by atoms with Gasteiger partial charge in [0.15, 0.2) is 6.61 Å². The van der Waals surface area contributed by atoms with Gasteiger partial charge in [0.2, 0.25) is 0 Å². The lowest BCUT2D eigenvalue weighted by Gasteiger charge is -2.15. The Kier molecular flexibility index (Phi) is 4.14. The van der Waals surface area contributed by atoms with E-state index in [9.17, 15) is 4.79 Å². The van der Waals surface area contributed by atoms with Gasteiger partial charge in [0, 0.05) is 6.07 Å². The zero-order valence-electron chi connectivity index (χ0n) is 14.2. The van der Waals surface area contributed by atoms with Crippen molar-refractivity contribution >= 4 is 22.5 Å². The predicted molar refractivity (Wildman–Crippen MR) is 97.7 cm³/mol. The van der Waals surface area contributed by atoms with Gasteiger partial charge in [0.1, 0.15) is 11.6 Å². The second-order valence-corrected chi connectivity index (χ2v) is 6.58. The third-order valence-electron chi connectivity index (χ3n) is 4.72. The van der Waals surface area contributed by atoms with Crippen molar-refractivity contribution in [3.05, 3.63) is 54.7 Å². The van der Waals surface area contributed by atoms with Crippen LogP contribution in [0.3, 0.4) is 0 Å². The summed E-state index contributed by atoms with van der Waals surface area (Å²) in [5.41, 5.74) is 0. The van der Waals surface area contributed by atoms with E-state index in [1.807, 2.05) is 53.2 Å². The molecule has 0 bridgehead atoms. The Bertz CT molecular complexity index is 899. The van der Waals surface area contributed by atoms with Crippen LogP contribution in [0.1, 0.15) is 25.8 Å². The average molecular weight is 335 g/mol. The van der Waals surface area contributed by atoms with Gasteiger partial charge in [-0.1, -0.05) is 30.3 Å². The van der Waals surface area contributed by atoms with Crippen LogP contribution >= 0.6 is 0 Å². The Balaban J connectivity index is 1.38. The first-order chi connectivity index (χ1) is 12.2. The van der Waals surface area contributed by atoms with Crippen molar-refractivity contribution in [2.75, 3.05) is 11.9 Å². The molecule has 1 aliphatic carbocycles. The van der Waals surface area contributed by atoms with Crippen molar-refractivity contribution in [2.24, 2.45) is 5.92 Å². The highest BCUT2D eigenvalue weighted by molar-refractivity contribution is 5.91. The number of hydrogen-bond donors (Lipinski definition) is 1. The summed E-state index contributed by atoms with van der Waals surface area (Å²) in [6.45, 7) is 2.12. The van der Waals surface area contributed by atoms with Crippen LogP contribution in [-0.2, 0) is 4.79 Å². The number of amides is 1. The molecule has 0 aliphatic heterocycles. The molecule has 1 amide bonds. The standard InChI is InChI=1S/C20H21N3O2/c1-14(15-6-7-15)23-19(10-11-21-23)22-20(24)13-25-18-9-8-16-4-2-3-5-17(16)12-18/h2-5,8-12,14-15H,6-7,13H2,1H3,(H,22,24). The molecule has 1 N–H and O–H groups in total. The average Bonchev–Trinajstić information content (AvgIpc) is 3.39. The summed E-state index contributed by atoms with van der Waals surface area (Å²) in [4.78, 5) is 12.2. The van der Waals surface area contributed by atoms with E-state index in [-0.39, 0.29) is 12.5 Å². The molecule has 2 aromatic carbocycles. The van der Waals surface area contributed by atoms with Crippen molar-refractivity contribution in [1.29, 1.82) is 0 Å². The fourth-order valence-electron chi connectivity index (χ4n) is 3.10. The summed E-state index contributed by atoms with van der Waals surface area (Å²) in [6.07, 6.45) is 4.19. The Morgan fingerprint density at radius 3 is 2.84 bits per heavy atom. The number of ether oxygens (including phenoxy) is 1. The lowest BCUT2D eigenvalue weighted by molar-refractivity contribution is -0.118. The Hall–Kier alpha value is -2.82. The smallest absolute Gasteiger partial charge is 0.263 e. The highest BCUT2D eigenvalue weighted by Crippen LogP contribution is 2.40. The maximum Gasteiger partial charge on any atom is 0.263 e. The summed E-state index contributed by atoms with van der Waals surface area (Å²) in [5, 5.41) is 9.49. The topological polar surface area (TPSA) is 56.2 Å². The van der Waals surface area contributed by atoms with Crippen LogP contribution in [0.2, 0.25) is 0 Å². The second-order valence-electron chi connectivity index (χ2n) is 6.58. The molecule has 0 radical (unpaired) electrons. The van der Waals surface area contributed by atoms with Crippen LogP contribution in [-0.4, -0.2) is 22.3 Å². The SMILES string of the molecule is CC(C1CC1)n1nccc1NC(=O)COc1ccc2ccccc2c1. The molecule has 1 unspecified atom stereocenters. The van der Waals surface area contributed by atoms with Gasteiger partial charge >= 0.3 is 0 Å². The molecule has 4 rings (SSSR count). The molecular formula is C20H21N3O2. The van der Waals surface area contributed by atoms with Gasteiger partial charge in [-0.05, 0) is 48.6 Å². The van der Waals surface area contributed by atoms with Gasteiger partial charge in [0.05, 0.1) is 12.2 Å². The zero-order valence-corrected chi connectivity index (χ0v) is 14.2. The van der Waals surface area contributed by atoms with E-state index < -0.39 is 0 Å². The quantitative estimate of drug-likeness (QED) is 0.740. The molecule has 128 valence electrons. The number of carbonyl (C=O) groups is 1. The van der Waals surface area contributed by atoms with Crippen LogP contribution in [0.5, 0.6) is 5.75 Å². The molecule has 1 fully saturated rings. The minimum absolute atomic E-state index is 0.0265. The summed E-state index contributed by atoms with van der Waals surface area (Å²) in [5.74, 6) is 1.91. The number of anilines is 1. The third kappa shape index (κ3) is 3.50. The van der Waals surface area contributed by atoms with Crippen molar-refractivity contribution < 1.29 is 9.53 Å². The summed E-state index contributed by atoms with van der Waals surface area (Å²) < 4.78 is 7.54. The van der Waals surface area contributed by atoms with Gasteiger partial charge in [-0.15, -0.1) is 0 Å². The lowest BCUT2D eigenvalue weighted by atomic mass is 10.1. The predicted octanol–water partition coefficient (Wildman–Crippen LogP) is 4.02. The van der Waals surface area contributed by atoms with Crippen LogP contribution in [0.25, 0.3) is 10.8 Å². The fourth-order valence-corrected chi connectivity index (χ4v) is 3.10. The molecular weight excluding hydrogens is 314 g/mol. The summed E-state index contributed by atoms with van der Waals surface area (Å²) >= 11 is 0. The van der Waals surface area contributed by atoms with E-state index in [1.165, 1.54) is 12.8 Å². The molecule has 1 saturated carbocycles. The van der Waals surface area contributed by atoms with Gasteiger partial charge < -0.3 is 10.1 Å². The summed E-state index contributed by atoms with van der Waals surface area (Å²) in [6, 6.07) is 16.0. The van der Waals surface area contributed by atoms with Crippen molar-refractivity contribution in [3.63, 3.8) is 0 Å². The number of hydrogen-bond acceptors (Lipinski definition) is 3. The Labute approximate surface area is 146 Å². The molecule has 1 aromatic heterocycles. The van der Waals surface area contributed by atoms with Crippen LogP contribution < -0.4 is 10.1 Å². The number of benzene rings is 2. The van der Waals surface area contributed by atoms with E-state index >= 15 is 0 Å². The van der Waals surface area contributed by atoms with Gasteiger partial charge in [0.25, 0.3) is 5.91 Å². The van der Waals surface area contributed by atoms with E-state index in [2.05, 4.69) is 17.3 Å². The van der Waals surface area contributed by atoms with Gasteiger partial charge in [-0.3, -0.25) is 4.79 Å². The molecule has 25 heavy (non-hydrogen) atoms. The molecule has 0 spiro atoms. The minimum Gasteiger partial charge on any atom is -0.484 e. The van der Waals surface area contributed by atoms with Crippen LogP contribution in [0, 0.1) is 5.92 Å². The molecule has 1 heterocycles. The van der Waals surface area contributed by atoms with E-state index in [0.717, 1.165) is 16.6 Å². The zero-order chi connectivity index (χ0) is 17.2. The first-order valence-corrected chi connectivity index (χ1v) is 8.66. The fraction of sp³-hybridized carbons (Fsp3) is 0.300. The number of aromatic nitrogens is 2. The maximum atomic E-state index is 12.2. The van der Waals surface area contributed by atoms with Crippen LogP contribution in [0.4, 0.5) is 5.82 Å². The van der Waals surface area contributed by atoms with E-state index in [4.69, 9.17) is 4.74 Å². The van der Waals surface area contributed by atoms with E-state index in [0.29, 0.717) is 17.7 Å². The minimum atomic E-state index is -0.182. The molecule has 0 saturated heterocycles.